The van der Waals surface area contributed by atoms with E-state index in [1.165, 1.54) is 13.0 Å². The van der Waals surface area contributed by atoms with Crippen LogP contribution in [-0.4, -0.2) is 29.8 Å². The zero-order valence-electron chi connectivity index (χ0n) is 15.5. The lowest BCUT2D eigenvalue weighted by Gasteiger charge is -2.21. The van der Waals surface area contributed by atoms with Gasteiger partial charge in [-0.25, -0.2) is 4.39 Å². The lowest BCUT2D eigenvalue weighted by molar-refractivity contribution is -0.129. The molecule has 0 aliphatic rings. The lowest BCUT2D eigenvalue weighted by Crippen LogP contribution is -2.34. The van der Waals surface area contributed by atoms with Gasteiger partial charge in [0.25, 0.3) is 0 Å². The third-order valence-corrected chi connectivity index (χ3v) is 4.33. The topological polar surface area (TPSA) is 49.4 Å². The summed E-state index contributed by atoms with van der Waals surface area (Å²) in [6.45, 7) is 6.05. The summed E-state index contributed by atoms with van der Waals surface area (Å²) >= 11 is 0. The Balaban J connectivity index is 1.89. The molecule has 0 aliphatic carbocycles. The van der Waals surface area contributed by atoms with Gasteiger partial charge in [-0.2, -0.15) is 0 Å². The van der Waals surface area contributed by atoms with Crippen molar-refractivity contribution in [2.24, 2.45) is 0 Å². The fourth-order valence-corrected chi connectivity index (χ4v) is 2.70. The molecule has 0 fully saturated rings. The maximum atomic E-state index is 13.7. The number of halogens is 1. The summed E-state index contributed by atoms with van der Waals surface area (Å²) < 4.78 is 13.7. The van der Waals surface area contributed by atoms with E-state index in [0.717, 1.165) is 16.8 Å². The average Bonchev–Trinajstić information content (AvgIpc) is 2.59. The Bertz CT molecular complexity index is 789. The average molecular weight is 356 g/mol. The zero-order valence-corrected chi connectivity index (χ0v) is 15.5. The Labute approximate surface area is 154 Å². The van der Waals surface area contributed by atoms with Gasteiger partial charge in [0.1, 0.15) is 5.82 Å². The highest BCUT2D eigenvalue weighted by Gasteiger charge is 2.13. The molecule has 0 atom stereocenters. The van der Waals surface area contributed by atoms with Gasteiger partial charge in [-0.15, -0.1) is 0 Å². The Morgan fingerprint density at radius 1 is 1.08 bits per heavy atom. The van der Waals surface area contributed by atoms with Crippen LogP contribution in [0.25, 0.3) is 0 Å². The number of hydrogen-bond donors (Lipinski definition) is 1. The van der Waals surface area contributed by atoms with Crippen molar-refractivity contribution in [1.82, 2.24) is 4.90 Å². The van der Waals surface area contributed by atoms with E-state index in [-0.39, 0.29) is 24.1 Å². The van der Waals surface area contributed by atoms with Crippen LogP contribution < -0.4 is 5.32 Å². The second-order valence-electron chi connectivity index (χ2n) is 6.46. The molecule has 4 nitrogen and oxygen atoms in total. The van der Waals surface area contributed by atoms with Crippen molar-refractivity contribution in [3.05, 3.63) is 65.0 Å². The quantitative estimate of drug-likeness (QED) is 0.819. The predicted molar refractivity (Wildman–Crippen MR) is 102 cm³/mol. The SMILES string of the molecule is CC(=O)N(CCC(=O)Nc1cc(C)ccc1C)CCc1ccccc1F. The standard InChI is InChI=1S/C21H25FN2O2/c1-15-8-9-16(2)20(14-15)23-21(26)11-13-24(17(3)25)12-10-18-6-4-5-7-19(18)22/h4-9,14H,10-13H2,1-3H3,(H,23,26). The molecule has 0 saturated carbocycles. The maximum absolute atomic E-state index is 13.7. The number of hydrogen-bond acceptors (Lipinski definition) is 2. The number of benzene rings is 2. The van der Waals surface area contributed by atoms with Crippen LogP contribution in [0.5, 0.6) is 0 Å². The first-order valence-electron chi connectivity index (χ1n) is 8.73. The van der Waals surface area contributed by atoms with Gasteiger partial charge < -0.3 is 10.2 Å². The van der Waals surface area contributed by atoms with E-state index in [1.807, 2.05) is 32.0 Å². The summed E-state index contributed by atoms with van der Waals surface area (Å²) in [5, 5.41) is 2.89. The number of carbonyl (C=O) groups is 2. The van der Waals surface area contributed by atoms with E-state index < -0.39 is 0 Å². The van der Waals surface area contributed by atoms with Crippen LogP contribution in [-0.2, 0) is 16.0 Å². The van der Waals surface area contributed by atoms with Crippen LogP contribution in [0.1, 0.15) is 30.0 Å². The minimum atomic E-state index is -0.274. The number of nitrogens with zero attached hydrogens (tertiary/aromatic N) is 1. The van der Waals surface area contributed by atoms with Crippen molar-refractivity contribution >= 4 is 17.5 Å². The summed E-state index contributed by atoms with van der Waals surface area (Å²) in [5.41, 5.74) is 3.42. The normalized spacial score (nSPS) is 10.5. The molecule has 0 heterocycles. The van der Waals surface area contributed by atoms with Crippen LogP contribution in [0.4, 0.5) is 10.1 Å². The maximum Gasteiger partial charge on any atom is 0.226 e. The van der Waals surface area contributed by atoms with Gasteiger partial charge in [-0.1, -0.05) is 30.3 Å². The molecule has 2 amide bonds. The number of aryl methyl sites for hydroxylation is 2. The zero-order chi connectivity index (χ0) is 19.1. The van der Waals surface area contributed by atoms with E-state index >= 15 is 0 Å². The summed E-state index contributed by atoms with van der Waals surface area (Å²) in [6, 6.07) is 12.4. The molecule has 0 unspecified atom stereocenters. The van der Waals surface area contributed by atoms with E-state index in [1.54, 1.807) is 23.1 Å². The molecule has 0 saturated heterocycles. The van der Waals surface area contributed by atoms with E-state index in [0.29, 0.717) is 25.1 Å². The van der Waals surface area contributed by atoms with Crippen molar-refractivity contribution in [2.45, 2.75) is 33.6 Å². The van der Waals surface area contributed by atoms with Crippen molar-refractivity contribution in [3.63, 3.8) is 0 Å². The molecule has 0 bridgehead atoms. The number of rotatable bonds is 7. The molecule has 2 aromatic carbocycles. The minimum absolute atomic E-state index is 0.124. The summed E-state index contributed by atoms with van der Waals surface area (Å²) in [6.07, 6.45) is 0.620. The Morgan fingerprint density at radius 2 is 1.81 bits per heavy atom. The molecule has 138 valence electrons. The fraction of sp³-hybridized carbons (Fsp3) is 0.333. The molecule has 0 radical (unpaired) electrons. The van der Waals surface area contributed by atoms with Crippen LogP contribution in [0.2, 0.25) is 0 Å². The van der Waals surface area contributed by atoms with Gasteiger partial charge >= 0.3 is 0 Å². The van der Waals surface area contributed by atoms with Crippen molar-refractivity contribution in [3.8, 4) is 0 Å². The molecular weight excluding hydrogens is 331 g/mol. The number of carbonyl (C=O) groups excluding carboxylic acids is 2. The van der Waals surface area contributed by atoms with E-state index in [4.69, 9.17) is 0 Å². The first-order chi connectivity index (χ1) is 12.4. The van der Waals surface area contributed by atoms with Gasteiger partial charge in [0, 0.05) is 32.1 Å². The van der Waals surface area contributed by atoms with Crippen LogP contribution in [0, 0.1) is 19.7 Å². The Morgan fingerprint density at radius 3 is 2.50 bits per heavy atom. The fourth-order valence-electron chi connectivity index (χ4n) is 2.70. The molecule has 0 aliphatic heterocycles. The largest absolute Gasteiger partial charge is 0.342 e. The molecular formula is C21H25FN2O2. The second kappa shape index (κ2) is 9.13. The van der Waals surface area contributed by atoms with Crippen LogP contribution in [0.3, 0.4) is 0 Å². The smallest absolute Gasteiger partial charge is 0.226 e. The highest BCUT2D eigenvalue weighted by atomic mass is 19.1. The number of amides is 2. The van der Waals surface area contributed by atoms with E-state index in [9.17, 15) is 14.0 Å². The Hall–Kier alpha value is -2.69. The third kappa shape index (κ3) is 5.69. The van der Waals surface area contributed by atoms with Gasteiger partial charge in [0.15, 0.2) is 0 Å². The van der Waals surface area contributed by atoms with Gasteiger partial charge in [-0.3, -0.25) is 9.59 Å². The molecule has 1 N–H and O–H groups in total. The van der Waals surface area contributed by atoms with Crippen LogP contribution >= 0.6 is 0 Å². The summed E-state index contributed by atoms with van der Waals surface area (Å²) in [7, 11) is 0. The number of anilines is 1. The van der Waals surface area contributed by atoms with E-state index in [2.05, 4.69) is 5.32 Å². The first kappa shape index (κ1) is 19.6. The predicted octanol–water partition coefficient (Wildman–Crippen LogP) is 3.86. The molecule has 26 heavy (non-hydrogen) atoms. The molecule has 2 aromatic rings. The second-order valence-corrected chi connectivity index (χ2v) is 6.46. The molecule has 0 aromatic heterocycles. The van der Waals surface area contributed by atoms with Gasteiger partial charge in [0.05, 0.1) is 0 Å². The van der Waals surface area contributed by atoms with Crippen molar-refractivity contribution in [2.75, 3.05) is 18.4 Å². The minimum Gasteiger partial charge on any atom is -0.342 e. The van der Waals surface area contributed by atoms with Crippen molar-refractivity contribution in [1.29, 1.82) is 0 Å². The molecule has 5 heteroatoms. The first-order valence-corrected chi connectivity index (χ1v) is 8.73. The van der Waals surface area contributed by atoms with Gasteiger partial charge in [0.2, 0.25) is 11.8 Å². The highest BCUT2D eigenvalue weighted by Crippen LogP contribution is 2.16. The Kier molecular flexibility index (Phi) is 6.89. The van der Waals surface area contributed by atoms with Crippen molar-refractivity contribution < 1.29 is 14.0 Å². The number of nitrogens with one attached hydrogen (secondary N) is 1. The van der Waals surface area contributed by atoms with Crippen LogP contribution in [0.15, 0.2) is 42.5 Å². The lowest BCUT2D eigenvalue weighted by atomic mass is 10.1. The summed E-state index contributed by atoms with van der Waals surface area (Å²) in [5.74, 6) is -0.541. The molecule has 2 rings (SSSR count). The molecule has 0 spiro atoms. The summed E-state index contributed by atoms with van der Waals surface area (Å²) in [4.78, 5) is 25.6. The monoisotopic (exact) mass is 356 g/mol. The highest BCUT2D eigenvalue weighted by molar-refractivity contribution is 5.92. The van der Waals surface area contributed by atoms with Gasteiger partial charge in [-0.05, 0) is 49.1 Å². The third-order valence-electron chi connectivity index (χ3n) is 4.33.